The Balaban J connectivity index is 0.00000192. The smallest absolute Gasteiger partial charge is 0.120 e. The van der Waals surface area contributed by atoms with Gasteiger partial charge in [0.15, 0.2) is 0 Å². The van der Waals surface area contributed by atoms with Crippen LogP contribution in [0.25, 0.3) is 0 Å². The highest BCUT2D eigenvalue weighted by molar-refractivity contribution is 5.29. The number of ether oxygens (including phenoxy) is 1. The monoisotopic (exact) mass is 328 g/mol. The minimum Gasteiger partial charge on any atom is -1.00 e. The molecule has 2 aromatic carbocycles. The summed E-state index contributed by atoms with van der Waals surface area (Å²) in [5, 5.41) is 3.36. The van der Waals surface area contributed by atoms with Gasteiger partial charge in [-0.1, -0.05) is 42.5 Å². The number of benzene rings is 2. The molecule has 0 aliphatic heterocycles. The van der Waals surface area contributed by atoms with Crippen LogP contribution < -0.4 is 22.5 Å². The summed E-state index contributed by atoms with van der Waals surface area (Å²) in [6.07, 6.45) is 1.69. The Hall–Kier alpha value is -2.23. The van der Waals surface area contributed by atoms with E-state index in [-0.39, 0.29) is 12.4 Å². The Morgan fingerprint density at radius 1 is 0.826 bits per heavy atom. The molecular formula is C19H19ClNO2-. The van der Waals surface area contributed by atoms with E-state index in [1.165, 1.54) is 11.1 Å². The average Bonchev–Trinajstić information content (AvgIpc) is 3.08. The number of hydrogen-bond donors (Lipinski definition) is 1. The van der Waals surface area contributed by atoms with Crippen LogP contribution in [0.1, 0.15) is 16.9 Å². The van der Waals surface area contributed by atoms with E-state index in [0.717, 1.165) is 24.6 Å². The minimum atomic E-state index is 0. The summed E-state index contributed by atoms with van der Waals surface area (Å²) < 4.78 is 11.1. The molecule has 0 saturated heterocycles. The van der Waals surface area contributed by atoms with Gasteiger partial charge in [0, 0.05) is 6.54 Å². The molecule has 0 aliphatic carbocycles. The summed E-state index contributed by atoms with van der Waals surface area (Å²) in [7, 11) is 0. The number of nitrogens with one attached hydrogen (secondary N) is 1. The van der Waals surface area contributed by atoms with E-state index in [9.17, 15) is 0 Å². The van der Waals surface area contributed by atoms with Crippen molar-refractivity contribution in [3.63, 3.8) is 0 Å². The molecule has 0 unspecified atom stereocenters. The fraction of sp³-hybridized carbons (Fsp3) is 0.158. The van der Waals surface area contributed by atoms with Gasteiger partial charge in [-0.3, -0.25) is 0 Å². The Bertz CT molecular complexity index is 684. The van der Waals surface area contributed by atoms with Crippen molar-refractivity contribution in [3.8, 4) is 5.75 Å². The molecule has 1 aromatic heterocycles. The van der Waals surface area contributed by atoms with Gasteiger partial charge in [0.05, 0.1) is 12.8 Å². The molecule has 4 heteroatoms. The second-order valence-corrected chi connectivity index (χ2v) is 5.10. The zero-order valence-electron chi connectivity index (χ0n) is 12.7. The van der Waals surface area contributed by atoms with Crippen LogP contribution in [0.2, 0.25) is 0 Å². The highest BCUT2D eigenvalue weighted by Crippen LogP contribution is 2.15. The van der Waals surface area contributed by atoms with E-state index in [2.05, 4.69) is 29.6 Å². The zero-order valence-corrected chi connectivity index (χ0v) is 13.5. The van der Waals surface area contributed by atoms with Crippen molar-refractivity contribution in [2.75, 3.05) is 0 Å². The lowest BCUT2D eigenvalue weighted by molar-refractivity contribution is -0.00000534. The molecule has 23 heavy (non-hydrogen) atoms. The van der Waals surface area contributed by atoms with Gasteiger partial charge in [-0.2, -0.15) is 0 Å². The van der Waals surface area contributed by atoms with Crippen LogP contribution in [0, 0.1) is 0 Å². The van der Waals surface area contributed by atoms with Crippen molar-refractivity contribution in [1.29, 1.82) is 0 Å². The van der Waals surface area contributed by atoms with E-state index in [4.69, 9.17) is 9.15 Å². The average molecular weight is 329 g/mol. The van der Waals surface area contributed by atoms with Crippen molar-refractivity contribution in [3.05, 3.63) is 89.9 Å². The lowest BCUT2D eigenvalue weighted by Crippen LogP contribution is -3.00. The summed E-state index contributed by atoms with van der Waals surface area (Å²) in [5.74, 6) is 1.83. The highest BCUT2D eigenvalue weighted by Gasteiger charge is 1.99. The van der Waals surface area contributed by atoms with Crippen LogP contribution in [0.5, 0.6) is 5.75 Å². The lowest BCUT2D eigenvalue weighted by atomic mass is 10.2. The predicted octanol–water partition coefficient (Wildman–Crippen LogP) is 1.15. The number of halogens is 1. The maximum absolute atomic E-state index is 5.84. The van der Waals surface area contributed by atoms with Gasteiger partial charge in [0.2, 0.25) is 0 Å². The first-order chi connectivity index (χ1) is 10.9. The molecule has 0 spiro atoms. The van der Waals surface area contributed by atoms with E-state index in [0.29, 0.717) is 6.61 Å². The maximum Gasteiger partial charge on any atom is 0.120 e. The number of furan rings is 1. The Labute approximate surface area is 142 Å². The topological polar surface area (TPSA) is 34.4 Å². The summed E-state index contributed by atoms with van der Waals surface area (Å²) in [6.45, 7) is 2.09. The predicted molar refractivity (Wildman–Crippen MR) is 86.5 cm³/mol. The molecule has 3 nitrogen and oxygen atoms in total. The van der Waals surface area contributed by atoms with Gasteiger partial charge < -0.3 is 26.9 Å². The van der Waals surface area contributed by atoms with Crippen molar-refractivity contribution in [2.45, 2.75) is 19.7 Å². The molecule has 1 heterocycles. The summed E-state index contributed by atoms with van der Waals surface area (Å²) in [5.41, 5.74) is 2.36. The Morgan fingerprint density at radius 3 is 2.43 bits per heavy atom. The number of hydrogen-bond acceptors (Lipinski definition) is 3. The standard InChI is InChI=1S/C19H19NO2.ClH/c1-2-6-16(7-3-1)15-22-18-9-4-8-17(12-18)13-20-14-19-10-5-11-21-19;/h1-12,20H,13-15H2;1H/p-1. The number of rotatable bonds is 7. The van der Waals surface area contributed by atoms with Crippen molar-refractivity contribution >= 4 is 0 Å². The molecule has 3 aromatic rings. The van der Waals surface area contributed by atoms with E-state index in [1.54, 1.807) is 6.26 Å². The lowest BCUT2D eigenvalue weighted by Gasteiger charge is -2.09. The second kappa shape index (κ2) is 9.03. The zero-order chi connectivity index (χ0) is 15.0. The van der Waals surface area contributed by atoms with E-state index < -0.39 is 0 Å². The SMILES string of the molecule is [Cl-].c1ccc(COc2cccc(CNCc3ccco3)c2)cc1. The highest BCUT2D eigenvalue weighted by atomic mass is 35.5. The first kappa shape index (κ1) is 17.1. The molecular weight excluding hydrogens is 310 g/mol. The summed E-state index contributed by atoms with van der Waals surface area (Å²) >= 11 is 0. The molecule has 1 N–H and O–H groups in total. The molecule has 0 radical (unpaired) electrons. The van der Waals surface area contributed by atoms with Gasteiger partial charge in [0.25, 0.3) is 0 Å². The molecule has 120 valence electrons. The van der Waals surface area contributed by atoms with Gasteiger partial charge in [-0.15, -0.1) is 0 Å². The molecule has 0 fully saturated rings. The Kier molecular flexibility index (Phi) is 6.73. The van der Waals surface area contributed by atoms with Crippen LogP contribution >= 0.6 is 0 Å². The molecule has 0 saturated carbocycles. The molecule has 0 bridgehead atoms. The maximum atomic E-state index is 5.84. The largest absolute Gasteiger partial charge is 1.00 e. The Morgan fingerprint density at radius 2 is 1.65 bits per heavy atom. The van der Waals surface area contributed by atoms with Crippen LogP contribution in [-0.2, 0) is 19.7 Å². The first-order valence-corrected chi connectivity index (χ1v) is 7.39. The second-order valence-electron chi connectivity index (χ2n) is 5.10. The molecule has 3 rings (SSSR count). The fourth-order valence-corrected chi connectivity index (χ4v) is 2.23. The van der Waals surface area contributed by atoms with Gasteiger partial charge >= 0.3 is 0 Å². The van der Waals surface area contributed by atoms with Gasteiger partial charge in [-0.25, -0.2) is 0 Å². The third kappa shape index (κ3) is 5.47. The van der Waals surface area contributed by atoms with Crippen LogP contribution in [0.15, 0.2) is 77.4 Å². The quantitative estimate of drug-likeness (QED) is 0.706. The summed E-state index contributed by atoms with van der Waals surface area (Å²) in [6, 6.07) is 22.2. The van der Waals surface area contributed by atoms with E-state index in [1.807, 2.05) is 42.5 Å². The summed E-state index contributed by atoms with van der Waals surface area (Å²) in [4.78, 5) is 0. The van der Waals surface area contributed by atoms with Crippen molar-refractivity contribution in [1.82, 2.24) is 5.32 Å². The third-order valence-corrected chi connectivity index (χ3v) is 3.36. The molecule has 0 atom stereocenters. The van der Waals surface area contributed by atoms with E-state index >= 15 is 0 Å². The van der Waals surface area contributed by atoms with Gasteiger partial charge in [-0.05, 0) is 35.4 Å². The van der Waals surface area contributed by atoms with Gasteiger partial charge in [0.1, 0.15) is 18.1 Å². The fourth-order valence-electron chi connectivity index (χ4n) is 2.23. The van der Waals surface area contributed by atoms with Crippen LogP contribution in [0.3, 0.4) is 0 Å². The first-order valence-electron chi connectivity index (χ1n) is 7.39. The molecule has 0 amide bonds. The normalized spacial score (nSPS) is 10.1. The van der Waals surface area contributed by atoms with Crippen LogP contribution in [-0.4, -0.2) is 0 Å². The third-order valence-electron chi connectivity index (χ3n) is 3.36. The van der Waals surface area contributed by atoms with Crippen LogP contribution in [0.4, 0.5) is 0 Å². The molecule has 0 aliphatic rings. The van der Waals surface area contributed by atoms with Crippen molar-refractivity contribution < 1.29 is 21.6 Å². The van der Waals surface area contributed by atoms with Crippen molar-refractivity contribution in [2.24, 2.45) is 0 Å². The minimum absolute atomic E-state index is 0.